The number of nitrogens with zero attached hydrogens (tertiary/aromatic N) is 3. The van der Waals surface area contributed by atoms with Crippen molar-refractivity contribution in [1.82, 2.24) is 20.4 Å². The molecule has 0 saturated carbocycles. The van der Waals surface area contributed by atoms with Gasteiger partial charge in [-0.3, -0.25) is 9.67 Å². The first kappa shape index (κ1) is 21.4. The molecule has 0 amide bonds. The number of halogens is 2. The molecule has 0 aromatic carbocycles. The van der Waals surface area contributed by atoms with Crippen LogP contribution in [-0.2, 0) is 20.0 Å². The van der Waals surface area contributed by atoms with Gasteiger partial charge in [-0.1, -0.05) is 0 Å². The van der Waals surface area contributed by atoms with Gasteiger partial charge in [-0.15, -0.1) is 35.3 Å². The Morgan fingerprint density at radius 1 is 1.46 bits per heavy atom. The molecule has 0 fully saturated rings. The molecule has 1 unspecified atom stereocenters. The minimum atomic E-state index is 0. The van der Waals surface area contributed by atoms with Crippen LogP contribution in [0.5, 0.6) is 0 Å². The summed E-state index contributed by atoms with van der Waals surface area (Å²) in [5.74, 6) is 0.821. The summed E-state index contributed by atoms with van der Waals surface area (Å²) in [6, 6.07) is 2.40. The van der Waals surface area contributed by atoms with Crippen LogP contribution in [0.4, 0.5) is 0 Å². The van der Waals surface area contributed by atoms with Crippen molar-refractivity contribution in [3.05, 3.63) is 37.7 Å². The third kappa shape index (κ3) is 5.73. The van der Waals surface area contributed by atoms with Crippen LogP contribution in [0.2, 0.25) is 0 Å². The van der Waals surface area contributed by atoms with Crippen molar-refractivity contribution in [2.24, 2.45) is 12.0 Å². The number of thiophene rings is 1. The van der Waals surface area contributed by atoms with Crippen LogP contribution in [-0.4, -0.2) is 28.8 Å². The number of nitrogens with one attached hydrogen (secondary N) is 2. The Kier molecular flexibility index (Phi) is 8.72. The zero-order valence-electron chi connectivity index (χ0n) is 14.7. The topological polar surface area (TPSA) is 54.2 Å². The number of aliphatic imine (C=N–C) groups is 1. The molecule has 0 aliphatic heterocycles. The number of aryl methyl sites for hydroxylation is 2. The van der Waals surface area contributed by atoms with Crippen LogP contribution in [0.3, 0.4) is 0 Å². The lowest BCUT2D eigenvalue weighted by molar-refractivity contribution is 0.636. The normalized spacial score (nSPS) is 12.7. The first-order valence-electron chi connectivity index (χ1n) is 7.60. The van der Waals surface area contributed by atoms with Gasteiger partial charge in [0.1, 0.15) is 0 Å². The third-order valence-electron chi connectivity index (χ3n) is 3.83. The Morgan fingerprint density at radius 3 is 2.67 bits per heavy atom. The monoisotopic (exact) mass is 525 g/mol. The minimum absolute atomic E-state index is 0. The van der Waals surface area contributed by atoms with Gasteiger partial charge < -0.3 is 10.6 Å². The predicted octanol–water partition coefficient (Wildman–Crippen LogP) is 3.78. The largest absolute Gasteiger partial charge is 0.354 e. The minimum Gasteiger partial charge on any atom is -0.354 e. The number of aromatic nitrogens is 2. The van der Waals surface area contributed by atoms with Crippen LogP contribution in [0.15, 0.2) is 20.9 Å². The zero-order valence-corrected chi connectivity index (χ0v) is 19.4. The maximum absolute atomic E-state index is 4.48. The fourth-order valence-electron chi connectivity index (χ4n) is 2.52. The van der Waals surface area contributed by atoms with Crippen molar-refractivity contribution >= 4 is 57.2 Å². The Balaban J connectivity index is 0.00000288. The molecule has 0 saturated heterocycles. The van der Waals surface area contributed by atoms with E-state index in [9.17, 15) is 0 Å². The van der Waals surface area contributed by atoms with Crippen molar-refractivity contribution in [3.63, 3.8) is 0 Å². The van der Waals surface area contributed by atoms with E-state index in [1.165, 1.54) is 16.1 Å². The molecule has 8 heteroatoms. The molecule has 0 radical (unpaired) electrons. The van der Waals surface area contributed by atoms with Crippen LogP contribution in [0.25, 0.3) is 0 Å². The van der Waals surface area contributed by atoms with E-state index in [-0.39, 0.29) is 30.0 Å². The van der Waals surface area contributed by atoms with Gasteiger partial charge in [0.25, 0.3) is 0 Å². The molecule has 1 atom stereocenters. The molecule has 2 rings (SSSR count). The molecule has 134 valence electrons. The fraction of sp³-hybridized carbons (Fsp3) is 0.500. The summed E-state index contributed by atoms with van der Waals surface area (Å²) in [6.45, 7) is 7.12. The highest BCUT2D eigenvalue weighted by molar-refractivity contribution is 14.0. The Labute approximate surface area is 173 Å². The quantitative estimate of drug-likeness (QED) is 0.355. The summed E-state index contributed by atoms with van der Waals surface area (Å²) in [6.07, 6.45) is 0.927. The van der Waals surface area contributed by atoms with Gasteiger partial charge in [0.15, 0.2) is 5.96 Å². The van der Waals surface area contributed by atoms with Gasteiger partial charge in [-0.2, -0.15) is 5.10 Å². The van der Waals surface area contributed by atoms with Crippen LogP contribution >= 0.6 is 51.2 Å². The molecule has 5 nitrogen and oxygen atoms in total. The lowest BCUT2D eigenvalue weighted by Gasteiger charge is -2.18. The lowest BCUT2D eigenvalue weighted by atomic mass is 10.1. The molecular formula is C16H25BrIN5S. The van der Waals surface area contributed by atoms with Crippen molar-refractivity contribution in [2.45, 2.75) is 39.8 Å². The SMILES string of the molecule is CN=C(NCc1cc(Br)cs1)NC(C)Cc1c(C)nn(C)c1C.I. The highest BCUT2D eigenvalue weighted by Crippen LogP contribution is 2.19. The van der Waals surface area contributed by atoms with E-state index in [1.54, 1.807) is 18.4 Å². The molecule has 2 N–H and O–H groups in total. The highest BCUT2D eigenvalue weighted by atomic mass is 127. The Bertz CT molecular complexity index is 695. The fourth-order valence-corrected chi connectivity index (χ4v) is 3.91. The van der Waals surface area contributed by atoms with Gasteiger partial charge in [-0.05, 0) is 54.8 Å². The van der Waals surface area contributed by atoms with E-state index >= 15 is 0 Å². The number of hydrogen-bond donors (Lipinski definition) is 2. The molecule has 2 aromatic heterocycles. The van der Waals surface area contributed by atoms with E-state index < -0.39 is 0 Å². The molecule has 2 aromatic rings. The second kappa shape index (κ2) is 9.76. The van der Waals surface area contributed by atoms with E-state index in [0.717, 1.165) is 29.1 Å². The van der Waals surface area contributed by atoms with Crippen molar-refractivity contribution < 1.29 is 0 Å². The lowest BCUT2D eigenvalue weighted by Crippen LogP contribution is -2.42. The maximum Gasteiger partial charge on any atom is 0.191 e. The third-order valence-corrected chi connectivity index (χ3v) is 5.53. The first-order chi connectivity index (χ1) is 10.9. The second-order valence-electron chi connectivity index (χ2n) is 5.68. The van der Waals surface area contributed by atoms with Gasteiger partial charge in [0, 0.05) is 40.6 Å². The first-order valence-corrected chi connectivity index (χ1v) is 9.27. The summed E-state index contributed by atoms with van der Waals surface area (Å²) >= 11 is 5.20. The van der Waals surface area contributed by atoms with Crippen molar-refractivity contribution in [3.8, 4) is 0 Å². The van der Waals surface area contributed by atoms with E-state index in [2.05, 4.69) is 68.9 Å². The molecule has 0 aliphatic carbocycles. The van der Waals surface area contributed by atoms with Crippen LogP contribution < -0.4 is 10.6 Å². The number of guanidine groups is 1. The average molecular weight is 526 g/mol. The van der Waals surface area contributed by atoms with Crippen molar-refractivity contribution in [2.75, 3.05) is 7.05 Å². The summed E-state index contributed by atoms with van der Waals surface area (Å²) in [7, 11) is 3.79. The number of rotatable bonds is 5. The van der Waals surface area contributed by atoms with Crippen LogP contribution in [0, 0.1) is 13.8 Å². The van der Waals surface area contributed by atoms with Gasteiger partial charge in [0.05, 0.1) is 12.2 Å². The summed E-state index contributed by atoms with van der Waals surface area (Å²) < 4.78 is 3.07. The molecule has 2 heterocycles. The molecule has 0 aliphatic rings. The highest BCUT2D eigenvalue weighted by Gasteiger charge is 2.14. The molecular weight excluding hydrogens is 501 g/mol. The van der Waals surface area contributed by atoms with Gasteiger partial charge >= 0.3 is 0 Å². The second-order valence-corrected chi connectivity index (χ2v) is 7.59. The zero-order chi connectivity index (χ0) is 17.0. The average Bonchev–Trinajstić information content (AvgIpc) is 3.02. The predicted molar refractivity (Wildman–Crippen MR) is 117 cm³/mol. The summed E-state index contributed by atoms with van der Waals surface area (Å²) in [5.41, 5.74) is 3.64. The van der Waals surface area contributed by atoms with Crippen molar-refractivity contribution in [1.29, 1.82) is 0 Å². The summed E-state index contributed by atoms with van der Waals surface area (Å²) in [4.78, 5) is 5.58. The smallest absolute Gasteiger partial charge is 0.191 e. The number of hydrogen-bond acceptors (Lipinski definition) is 3. The van der Waals surface area contributed by atoms with Gasteiger partial charge in [-0.25, -0.2) is 0 Å². The Hall–Kier alpha value is -0.610. The van der Waals surface area contributed by atoms with Gasteiger partial charge in [0.2, 0.25) is 0 Å². The molecule has 0 bridgehead atoms. The molecule has 24 heavy (non-hydrogen) atoms. The van der Waals surface area contributed by atoms with E-state index in [1.807, 2.05) is 11.7 Å². The Morgan fingerprint density at radius 2 is 2.17 bits per heavy atom. The molecule has 0 spiro atoms. The van der Waals surface area contributed by atoms with E-state index in [4.69, 9.17) is 0 Å². The summed E-state index contributed by atoms with van der Waals surface area (Å²) in [5, 5.41) is 13.4. The standard InChI is InChI=1S/C16H24BrN5S.HI/c1-10(6-15-11(2)21-22(5)12(15)3)20-16(18-4)19-8-14-7-13(17)9-23-14;/h7,9-10H,6,8H2,1-5H3,(H2,18,19,20);1H. The van der Waals surface area contributed by atoms with E-state index in [0.29, 0.717) is 0 Å². The maximum atomic E-state index is 4.48. The van der Waals surface area contributed by atoms with Crippen LogP contribution in [0.1, 0.15) is 28.8 Å².